The summed E-state index contributed by atoms with van der Waals surface area (Å²) < 4.78 is 27.3. The van der Waals surface area contributed by atoms with Gasteiger partial charge < -0.3 is 5.32 Å². The highest BCUT2D eigenvalue weighted by atomic mass is 32.2. The number of carbonyl (C=O) groups excluding carboxylic acids is 1. The maximum atomic E-state index is 12.8. The van der Waals surface area contributed by atoms with Gasteiger partial charge in [0.1, 0.15) is 4.21 Å². The first-order valence-electron chi connectivity index (χ1n) is 8.86. The minimum atomic E-state index is -3.51. The lowest BCUT2D eigenvalue weighted by Crippen LogP contribution is -2.43. The van der Waals surface area contributed by atoms with Crippen LogP contribution in [-0.2, 0) is 21.2 Å². The van der Waals surface area contributed by atoms with Gasteiger partial charge in [-0.05, 0) is 48.8 Å². The topological polar surface area (TPSA) is 66.5 Å². The molecule has 1 aliphatic heterocycles. The quantitative estimate of drug-likeness (QED) is 0.844. The van der Waals surface area contributed by atoms with Gasteiger partial charge in [-0.25, -0.2) is 8.42 Å². The third-order valence-corrected chi connectivity index (χ3v) is 8.07. The number of hydrogen-bond acceptors (Lipinski definition) is 4. The highest BCUT2D eigenvalue weighted by Gasteiger charge is 2.34. The summed E-state index contributed by atoms with van der Waals surface area (Å²) in [5, 5.41) is 4.80. The summed E-state index contributed by atoms with van der Waals surface area (Å²) in [5.74, 6) is -0.428. The first-order chi connectivity index (χ1) is 12.4. The Labute approximate surface area is 159 Å². The predicted octanol–water partition coefficient (Wildman–Crippen LogP) is 3.66. The van der Waals surface area contributed by atoms with Crippen LogP contribution in [0.4, 0.5) is 5.69 Å². The molecule has 3 rings (SSSR count). The maximum absolute atomic E-state index is 12.8. The molecule has 5 nitrogen and oxygen atoms in total. The van der Waals surface area contributed by atoms with Crippen molar-refractivity contribution in [3.63, 3.8) is 0 Å². The molecule has 0 spiro atoms. The van der Waals surface area contributed by atoms with Gasteiger partial charge in [-0.1, -0.05) is 31.2 Å². The van der Waals surface area contributed by atoms with Crippen LogP contribution in [0, 0.1) is 12.8 Å². The molecule has 0 bridgehead atoms. The summed E-state index contributed by atoms with van der Waals surface area (Å²) in [6, 6.07) is 9.32. The monoisotopic (exact) mass is 392 g/mol. The van der Waals surface area contributed by atoms with Crippen LogP contribution < -0.4 is 5.32 Å². The van der Waals surface area contributed by atoms with Crippen LogP contribution in [0.5, 0.6) is 0 Å². The Bertz CT molecular complexity index is 876. The Hall–Kier alpha value is -1.70. The number of hydrogen-bond donors (Lipinski definition) is 1. The van der Waals surface area contributed by atoms with Crippen molar-refractivity contribution in [1.82, 2.24) is 4.31 Å². The van der Waals surface area contributed by atoms with E-state index >= 15 is 0 Å². The summed E-state index contributed by atoms with van der Waals surface area (Å²) in [5.41, 5.74) is 2.98. The summed E-state index contributed by atoms with van der Waals surface area (Å²) in [7, 11) is -3.51. The van der Waals surface area contributed by atoms with E-state index in [4.69, 9.17) is 0 Å². The molecular weight excluding hydrogens is 368 g/mol. The first-order valence-corrected chi connectivity index (χ1v) is 11.2. The lowest BCUT2D eigenvalue weighted by atomic mass is 9.98. The molecule has 0 radical (unpaired) electrons. The molecule has 1 fully saturated rings. The Morgan fingerprint density at radius 2 is 2.12 bits per heavy atom. The highest BCUT2D eigenvalue weighted by Crippen LogP contribution is 2.28. The Morgan fingerprint density at radius 1 is 1.31 bits per heavy atom. The van der Waals surface area contributed by atoms with Crippen LogP contribution in [0.3, 0.4) is 0 Å². The van der Waals surface area contributed by atoms with Crippen LogP contribution in [0.15, 0.2) is 39.9 Å². The van der Waals surface area contributed by atoms with E-state index < -0.39 is 10.0 Å². The summed E-state index contributed by atoms with van der Waals surface area (Å²) >= 11 is 1.21. The molecule has 7 heteroatoms. The molecule has 26 heavy (non-hydrogen) atoms. The minimum Gasteiger partial charge on any atom is -0.325 e. The van der Waals surface area contributed by atoms with Crippen molar-refractivity contribution in [1.29, 1.82) is 0 Å². The number of carbonyl (C=O) groups is 1. The number of aryl methyl sites for hydroxylation is 2. The van der Waals surface area contributed by atoms with Gasteiger partial charge in [0.2, 0.25) is 5.91 Å². The predicted molar refractivity (Wildman–Crippen MR) is 105 cm³/mol. The van der Waals surface area contributed by atoms with Crippen LogP contribution in [0.25, 0.3) is 0 Å². The fourth-order valence-electron chi connectivity index (χ4n) is 3.34. The molecule has 140 valence electrons. The largest absolute Gasteiger partial charge is 0.325 e. The molecule has 2 aromatic rings. The highest BCUT2D eigenvalue weighted by molar-refractivity contribution is 7.91. The Balaban J connectivity index is 1.75. The van der Waals surface area contributed by atoms with E-state index in [0.29, 0.717) is 23.6 Å². The maximum Gasteiger partial charge on any atom is 0.252 e. The summed E-state index contributed by atoms with van der Waals surface area (Å²) in [4.78, 5) is 12.8. The molecule has 2 heterocycles. The standard InChI is InChI=1S/C19H24N2O3S2/c1-3-15-8-4-7-14(2)18(15)20-19(22)16-9-5-11-21(13-16)26(23,24)17-10-6-12-25-17/h4,6-8,10,12,16H,3,5,9,11,13H2,1-2H3,(H,20,22)/t16-/m1/s1. The average Bonchev–Trinajstić information content (AvgIpc) is 3.19. The van der Waals surface area contributed by atoms with E-state index in [0.717, 1.165) is 23.2 Å². The number of thiophene rings is 1. The van der Waals surface area contributed by atoms with Gasteiger partial charge in [0.15, 0.2) is 0 Å². The molecule has 1 aliphatic rings. The molecule has 1 aromatic carbocycles. The van der Waals surface area contributed by atoms with Crippen LogP contribution in [0.2, 0.25) is 0 Å². The number of nitrogens with one attached hydrogen (secondary N) is 1. The molecule has 1 atom stereocenters. The second kappa shape index (κ2) is 7.90. The third kappa shape index (κ3) is 3.84. The van der Waals surface area contributed by atoms with Crippen molar-refractivity contribution < 1.29 is 13.2 Å². The van der Waals surface area contributed by atoms with E-state index in [-0.39, 0.29) is 18.4 Å². The molecule has 1 amide bonds. The summed E-state index contributed by atoms with van der Waals surface area (Å²) in [6.45, 7) is 4.73. The average molecular weight is 393 g/mol. The summed E-state index contributed by atoms with van der Waals surface area (Å²) in [6.07, 6.45) is 2.23. The normalized spacial score (nSPS) is 18.6. The Kier molecular flexibility index (Phi) is 5.79. The number of nitrogens with zero attached hydrogens (tertiary/aromatic N) is 1. The SMILES string of the molecule is CCc1cccc(C)c1NC(=O)[C@@H]1CCCN(S(=O)(=O)c2cccs2)C1. The van der Waals surface area contributed by atoms with E-state index in [1.807, 2.05) is 25.1 Å². The van der Waals surface area contributed by atoms with Crippen molar-refractivity contribution >= 4 is 33.0 Å². The second-order valence-electron chi connectivity index (χ2n) is 6.59. The molecule has 0 aliphatic carbocycles. The van der Waals surface area contributed by atoms with Crippen LogP contribution in [0.1, 0.15) is 30.9 Å². The van der Waals surface area contributed by atoms with E-state index in [9.17, 15) is 13.2 Å². The van der Waals surface area contributed by atoms with Gasteiger partial charge in [-0.2, -0.15) is 4.31 Å². The number of para-hydroxylation sites is 1. The van der Waals surface area contributed by atoms with E-state index in [1.165, 1.54) is 15.6 Å². The molecule has 0 unspecified atom stereocenters. The lowest BCUT2D eigenvalue weighted by molar-refractivity contribution is -0.120. The van der Waals surface area contributed by atoms with Gasteiger partial charge >= 0.3 is 0 Å². The van der Waals surface area contributed by atoms with Gasteiger partial charge in [-0.3, -0.25) is 4.79 Å². The molecule has 0 saturated carbocycles. The zero-order valence-electron chi connectivity index (χ0n) is 15.1. The van der Waals surface area contributed by atoms with Crippen LogP contribution in [-0.4, -0.2) is 31.7 Å². The zero-order chi connectivity index (χ0) is 18.7. The number of benzene rings is 1. The number of piperidine rings is 1. The molecule has 1 N–H and O–H groups in total. The van der Waals surface area contributed by atoms with Gasteiger partial charge in [-0.15, -0.1) is 11.3 Å². The second-order valence-corrected chi connectivity index (χ2v) is 9.70. The molecule has 1 saturated heterocycles. The Morgan fingerprint density at radius 3 is 2.81 bits per heavy atom. The first kappa shape index (κ1) is 19.1. The number of sulfonamides is 1. The fourth-order valence-corrected chi connectivity index (χ4v) is 6.01. The van der Waals surface area contributed by atoms with E-state index in [1.54, 1.807) is 17.5 Å². The van der Waals surface area contributed by atoms with Gasteiger partial charge in [0.05, 0.1) is 5.92 Å². The van der Waals surface area contributed by atoms with Crippen LogP contribution >= 0.6 is 11.3 Å². The van der Waals surface area contributed by atoms with Crippen molar-refractivity contribution in [3.8, 4) is 0 Å². The van der Waals surface area contributed by atoms with Gasteiger partial charge in [0, 0.05) is 18.8 Å². The van der Waals surface area contributed by atoms with E-state index in [2.05, 4.69) is 12.2 Å². The smallest absolute Gasteiger partial charge is 0.252 e. The van der Waals surface area contributed by atoms with Crippen molar-refractivity contribution in [2.75, 3.05) is 18.4 Å². The van der Waals surface area contributed by atoms with Crippen molar-refractivity contribution in [2.45, 2.75) is 37.3 Å². The lowest BCUT2D eigenvalue weighted by Gasteiger charge is -2.31. The number of anilines is 1. The third-order valence-electron chi connectivity index (χ3n) is 4.83. The van der Waals surface area contributed by atoms with Crippen molar-refractivity contribution in [3.05, 3.63) is 46.8 Å². The minimum absolute atomic E-state index is 0.0971. The zero-order valence-corrected chi connectivity index (χ0v) is 16.7. The van der Waals surface area contributed by atoms with Crippen molar-refractivity contribution in [2.24, 2.45) is 5.92 Å². The number of amides is 1. The number of rotatable bonds is 5. The molecule has 1 aromatic heterocycles. The van der Waals surface area contributed by atoms with Gasteiger partial charge in [0.25, 0.3) is 10.0 Å². The fraction of sp³-hybridized carbons (Fsp3) is 0.421. The molecular formula is C19H24N2O3S2.